The number of nitriles is 1. The number of hydrazine groups is 1. The minimum Gasteiger partial charge on any atom is -0.487 e. The lowest BCUT2D eigenvalue weighted by atomic mass is 9.96. The maximum atomic E-state index is 15.1. The van der Waals surface area contributed by atoms with Crippen molar-refractivity contribution in [3.63, 3.8) is 0 Å². The van der Waals surface area contributed by atoms with E-state index < -0.39 is 41.9 Å². The Labute approximate surface area is 263 Å². The molecule has 0 radical (unpaired) electrons. The summed E-state index contributed by atoms with van der Waals surface area (Å²) in [4.78, 5) is 41.2. The molecule has 3 aliphatic rings. The first-order valence-corrected chi connectivity index (χ1v) is 14.6. The van der Waals surface area contributed by atoms with Gasteiger partial charge in [-0.25, -0.2) is 10.2 Å². The number of carboxylic acid groups (broad SMARTS) is 1. The number of likely N-dealkylation sites (tertiary alicyclic amines) is 1. The van der Waals surface area contributed by atoms with Crippen LogP contribution in [0.3, 0.4) is 0 Å². The van der Waals surface area contributed by atoms with E-state index in [0.717, 1.165) is 0 Å². The van der Waals surface area contributed by atoms with Gasteiger partial charge >= 0.3 is 6.09 Å². The van der Waals surface area contributed by atoms with Crippen LogP contribution in [0.15, 0.2) is 84.7 Å². The van der Waals surface area contributed by atoms with Crippen molar-refractivity contribution in [3.05, 3.63) is 101 Å². The Bertz CT molecular complexity index is 1740. The molecule has 11 nitrogen and oxygen atoms in total. The van der Waals surface area contributed by atoms with Crippen LogP contribution in [0.5, 0.6) is 5.75 Å². The summed E-state index contributed by atoms with van der Waals surface area (Å²) in [5.41, 5.74) is 4.14. The predicted octanol–water partition coefficient (Wildman–Crippen LogP) is 4.48. The Morgan fingerprint density at radius 3 is 2.48 bits per heavy atom. The van der Waals surface area contributed by atoms with Crippen molar-refractivity contribution in [2.75, 3.05) is 29.9 Å². The Balaban J connectivity index is 1.16. The van der Waals surface area contributed by atoms with Gasteiger partial charge < -0.3 is 25.1 Å². The molecule has 3 aliphatic heterocycles. The predicted molar refractivity (Wildman–Crippen MR) is 163 cm³/mol. The second kappa shape index (κ2) is 12.1. The molecule has 0 saturated carbocycles. The fourth-order valence-corrected chi connectivity index (χ4v) is 6.00. The molecule has 0 aliphatic carbocycles. The number of nitrogens with zero attached hydrogens (tertiary/aromatic N) is 4. The number of anilines is 2. The zero-order valence-corrected chi connectivity index (χ0v) is 24.7. The molecule has 3 aromatic rings. The van der Waals surface area contributed by atoms with Crippen molar-refractivity contribution in [1.82, 2.24) is 15.3 Å². The number of hydrogen-bond acceptors (Lipinski definition) is 7. The van der Waals surface area contributed by atoms with Gasteiger partial charge in [-0.05, 0) is 37.3 Å². The average molecular weight is 629 g/mol. The maximum absolute atomic E-state index is 15.1. The summed E-state index contributed by atoms with van der Waals surface area (Å²) in [6, 6.07) is 18.7. The summed E-state index contributed by atoms with van der Waals surface area (Å²) in [5.74, 6) is -4.62. The number of halogens is 2. The minimum atomic E-state index is -3.22. The number of benzene rings is 3. The molecule has 13 heteroatoms. The molecule has 6 rings (SSSR count). The van der Waals surface area contributed by atoms with Gasteiger partial charge in [0.1, 0.15) is 24.0 Å². The first kappa shape index (κ1) is 30.5. The third kappa shape index (κ3) is 5.70. The van der Waals surface area contributed by atoms with Crippen molar-refractivity contribution in [3.8, 4) is 11.8 Å². The van der Waals surface area contributed by atoms with Crippen molar-refractivity contribution >= 4 is 29.3 Å². The number of carbonyl (C=O) groups excluding carboxylic acids is 2. The smallest absolute Gasteiger partial charge is 0.407 e. The van der Waals surface area contributed by atoms with Gasteiger partial charge in [-0.2, -0.15) is 14.0 Å². The molecule has 0 aromatic heterocycles. The monoisotopic (exact) mass is 628 g/mol. The van der Waals surface area contributed by atoms with E-state index in [2.05, 4.69) is 10.7 Å². The molecule has 0 spiro atoms. The van der Waals surface area contributed by atoms with Crippen LogP contribution in [-0.4, -0.2) is 64.7 Å². The number of fused-ring (bicyclic) bond motifs is 1. The molecule has 3 atom stereocenters. The lowest BCUT2D eigenvalue weighted by molar-refractivity contribution is -0.129. The van der Waals surface area contributed by atoms with Gasteiger partial charge in [-0.3, -0.25) is 14.5 Å². The highest BCUT2D eigenvalue weighted by atomic mass is 19.3. The molecular formula is C33H30F2N6O5. The van der Waals surface area contributed by atoms with E-state index in [-0.39, 0.29) is 35.5 Å². The SMILES string of the molecule is CC1=CN2NCC(C(=O)Nc3ccc(OC4CCN(C(=O)O)C4)c(C#N)c3)C2C(=O)N1c1ccc(C(F)(F)c2ccccc2)cc1. The van der Waals surface area contributed by atoms with Crippen LogP contribution in [0.1, 0.15) is 30.0 Å². The number of alkyl halides is 2. The van der Waals surface area contributed by atoms with E-state index in [1.54, 1.807) is 48.5 Å². The number of carbonyl (C=O) groups is 3. The molecule has 3 heterocycles. The summed E-state index contributed by atoms with van der Waals surface area (Å²) in [7, 11) is 0. The Morgan fingerprint density at radius 2 is 1.80 bits per heavy atom. The summed E-state index contributed by atoms with van der Waals surface area (Å²) in [6.07, 6.45) is 0.759. The number of amides is 3. The molecule has 2 fully saturated rings. The van der Waals surface area contributed by atoms with Crippen LogP contribution in [0.2, 0.25) is 0 Å². The molecule has 3 amide bonds. The standard InChI is InChI=1S/C33H30F2N6O5/c1-20-18-40-29(31(43)41(20)25-10-7-23(8-11-25)33(34,35)22-5-3-2-4-6-22)27(17-37-40)30(42)38-24-9-12-28(21(15-24)16-36)46-26-13-14-39(19-26)32(44)45/h2-12,15,18,26-27,29,37H,13-14,17,19H2,1H3,(H,38,42)(H,44,45). The first-order valence-electron chi connectivity index (χ1n) is 14.6. The van der Waals surface area contributed by atoms with Crippen LogP contribution < -0.4 is 20.4 Å². The first-order chi connectivity index (χ1) is 22.1. The highest BCUT2D eigenvalue weighted by molar-refractivity contribution is 6.05. The van der Waals surface area contributed by atoms with Gasteiger partial charge in [-0.1, -0.05) is 42.5 Å². The lowest BCUT2D eigenvalue weighted by Crippen LogP contribution is -2.53. The van der Waals surface area contributed by atoms with E-state index in [0.29, 0.717) is 30.0 Å². The van der Waals surface area contributed by atoms with E-state index in [1.165, 1.54) is 52.3 Å². The number of nitrogens with one attached hydrogen (secondary N) is 2. The normalized spacial score (nSPS) is 21.0. The molecule has 3 aromatic carbocycles. The number of ether oxygens (including phenoxy) is 1. The van der Waals surface area contributed by atoms with Crippen LogP contribution >= 0.6 is 0 Å². The lowest BCUT2D eigenvalue weighted by Gasteiger charge is -2.36. The number of allylic oxidation sites excluding steroid dienone is 1. The van der Waals surface area contributed by atoms with Gasteiger partial charge in [0.05, 0.1) is 18.0 Å². The topological polar surface area (TPSA) is 138 Å². The van der Waals surface area contributed by atoms with Crippen molar-refractivity contribution < 1.29 is 33.0 Å². The van der Waals surface area contributed by atoms with Crippen LogP contribution in [0, 0.1) is 17.2 Å². The van der Waals surface area contributed by atoms with Gasteiger partial charge in [0.2, 0.25) is 5.91 Å². The Morgan fingerprint density at radius 1 is 1.09 bits per heavy atom. The van der Waals surface area contributed by atoms with Gasteiger partial charge in [0.25, 0.3) is 11.8 Å². The van der Waals surface area contributed by atoms with Crippen LogP contribution in [0.4, 0.5) is 25.0 Å². The van der Waals surface area contributed by atoms with E-state index in [4.69, 9.17) is 4.74 Å². The third-order valence-electron chi connectivity index (χ3n) is 8.36. The van der Waals surface area contributed by atoms with Crippen molar-refractivity contribution in [2.24, 2.45) is 5.92 Å². The highest BCUT2D eigenvalue weighted by Crippen LogP contribution is 2.38. The summed E-state index contributed by atoms with van der Waals surface area (Å²) < 4.78 is 36.1. The molecule has 3 unspecified atom stereocenters. The molecule has 3 N–H and O–H groups in total. The van der Waals surface area contributed by atoms with Gasteiger partial charge in [0.15, 0.2) is 0 Å². The second-order valence-corrected chi connectivity index (χ2v) is 11.3. The summed E-state index contributed by atoms with van der Waals surface area (Å²) in [5, 5.41) is 23.3. The molecule has 2 saturated heterocycles. The number of rotatable bonds is 7. The fourth-order valence-electron chi connectivity index (χ4n) is 6.00. The van der Waals surface area contributed by atoms with Crippen molar-refractivity contribution in [1.29, 1.82) is 5.26 Å². The zero-order valence-electron chi connectivity index (χ0n) is 24.7. The quantitative estimate of drug-likeness (QED) is 0.348. The summed E-state index contributed by atoms with van der Waals surface area (Å²) >= 11 is 0. The Hall–Kier alpha value is -5.48. The third-order valence-corrected chi connectivity index (χ3v) is 8.36. The van der Waals surface area contributed by atoms with Crippen LogP contribution in [0.25, 0.3) is 0 Å². The molecule has 0 bridgehead atoms. The van der Waals surface area contributed by atoms with Crippen LogP contribution in [-0.2, 0) is 15.5 Å². The highest BCUT2D eigenvalue weighted by Gasteiger charge is 2.47. The van der Waals surface area contributed by atoms with Gasteiger partial charge in [-0.15, -0.1) is 0 Å². The maximum Gasteiger partial charge on any atom is 0.407 e. The molecular weight excluding hydrogens is 598 g/mol. The van der Waals surface area contributed by atoms with E-state index in [1.807, 2.05) is 6.07 Å². The van der Waals surface area contributed by atoms with E-state index >= 15 is 8.78 Å². The van der Waals surface area contributed by atoms with Gasteiger partial charge in [0, 0.05) is 53.9 Å². The Kier molecular flexibility index (Phi) is 8.06. The molecule has 236 valence electrons. The fraction of sp³-hybridized carbons (Fsp3) is 0.273. The number of hydrogen-bond donors (Lipinski definition) is 3. The zero-order chi connectivity index (χ0) is 32.6. The molecule has 46 heavy (non-hydrogen) atoms. The second-order valence-electron chi connectivity index (χ2n) is 11.3. The van der Waals surface area contributed by atoms with Crippen molar-refractivity contribution in [2.45, 2.75) is 31.4 Å². The largest absolute Gasteiger partial charge is 0.487 e. The summed E-state index contributed by atoms with van der Waals surface area (Å²) in [6.45, 7) is 2.40. The average Bonchev–Trinajstić information content (AvgIpc) is 3.70. The minimum absolute atomic E-state index is 0.139. The van der Waals surface area contributed by atoms with E-state index in [9.17, 15) is 24.8 Å².